The summed E-state index contributed by atoms with van der Waals surface area (Å²) < 4.78 is 0. The number of nitrogens with zero attached hydrogens (tertiary/aromatic N) is 2. The molecule has 3 atom stereocenters. The molecule has 2 aliphatic rings. The Hall–Kier alpha value is -1.62. The normalized spacial score (nSPS) is 29.2. The van der Waals surface area contributed by atoms with Crippen LogP contribution in [-0.4, -0.2) is 35.5 Å². The van der Waals surface area contributed by atoms with Crippen molar-refractivity contribution in [3.8, 4) is 0 Å². The number of anilines is 1. The Bertz CT molecular complexity index is 503. The largest absolute Gasteiger partial charge is 0.382 e. The summed E-state index contributed by atoms with van der Waals surface area (Å²) >= 11 is 0. The lowest BCUT2D eigenvalue weighted by Crippen LogP contribution is -2.39. The van der Waals surface area contributed by atoms with Crippen molar-refractivity contribution in [1.29, 1.82) is 0 Å². The van der Waals surface area contributed by atoms with Crippen LogP contribution in [0.4, 0.5) is 11.4 Å². The van der Waals surface area contributed by atoms with Gasteiger partial charge in [0.1, 0.15) is 0 Å². The van der Waals surface area contributed by atoms with Crippen LogP contribution in [-0.2, 0) is 0 Å². The van der Waals surface area contributed by atoms with Gasteiger partial charge in [0.2, 0.25) is 0 Å². The van der Waals surface area contributed by atoms with Crippen LogP contribution >= 0.6 is 0 Å². The Kier molecular flexibility index (Phi) is 3.14. The molecule has 1 aromatic carbocycles. The van der Waals surface area contributed by atoms with Gasteiger partial charge in [-0.05, 0) is 43.9 Å². The maximum atomic E-state index is 10.7. The van der Waals surface area contributed by atoms with Crippen molar-refractivity contribution in [3.05, 3.63) is 33.9 Å². The predicted octanol–water partition coefficient (Wildman–Crippen LogP) is 2.41. The van der Waals surface area contributed by atoms with Crippen molar-refractivity contribution in [1.82, 2.24) is 4.90 Å². The smallest absolute Gasteiger partial charge is 0.269 e. The van der Waals surface area contributed by atoms with Crippen LogP contribution in [0.25, 0.3) is 0 Å². The molecule has 19 heavy (non-hydrogen) atoms. The zero-order valence-corrected chi connectivity index (χ0v) is 11.1. The minimum atomic E-state index is -0.341. The molecule has 2 fully saturated rings. The fourth-order valence-electron chi connectivity index (χ4n) is 3.26. The monoisotopic (exact) mass is 261 g/mol. The molecule has 0 aromatic heterocycles. The number of hydrogen-bond donors (Lipinski definition) is 1. The third-order valence-electron chi connectivity index (χ3n) is 4.40. The average molecular weight is 261 g/mol. The molecule has 3 rings (SSSR count). The molecule has 5 nitrogen and oxygen atoms in total. The fraction of sp³-hybridized carbons (Fsp3) is 0.571. The van der Waals surface area contributed by atoms with E-state index < -0.39 is 0 Å². The van der Waals surface area contributed by atoms with Gasteiger partial charge < -0.3 is 10.2 Å². The number of aryl methyl sites for hydroxylation is 1. The number of hydrogen-bond acceptors (Lipinski definition) is 4. The van der Waals surface area contributed by atoms with Gasteiger partial charge in [0, 0.05) is 37.0 Å². The maximum Gasteiger partial charge on any atom is 0.269 e. The lowest BCUT2D eigenvalue weighted by atomic mass is 9.93. The van der Waals surface area contributed by atoms with Crippen molar-refractivity contribution in [2.75, 3.05) is 25.0 Å². The van der Waals surface area contributed by atoms with Gasteiger partial charge >= 0.3 is 0 Å². The SMILES string of the molecule is Cc1cc([N+](=O)[O-])ccc1NC1CCN2CCC1C2. The molecule has 1 N–H and O–H groups in total. The molecular formula is C14H19N3O2. The van der Waals surface area contributed by atoms with Gasteiger partial charge in [0.25, 0.3) is 5.69 Å². The number of rotatable bonds is 3. The molecule has 2 heterocycles. The first-order valence-electron chi connectivity index (χ1n) is 6.87. The highest BCUT2D eigenvalue weighted by molar-refractivity contribution is 5.56. The zero-order valence-electron chi connectivity index (χ0n) is 11.1. The summed E-state index contributed by atoms with van der Waals surface area (Å²) in [5.41, 5.74) is 2.16. The van der Waals surface area contributed by atoms with E-state index in [9.17, 15) is 10.1 Å². The number of piperidine rings is 1. The molecule has 0 aliphatic carbocycles. The molecule has 2 saturated heterocycles. The first kappa shape index (κ1) is 12.4. The van der Waals surface area contributed by atoms with E-state index in [1.54, 1.807) is 12.1 Å². The van der Waals surface area contributed by atoms with Gasteiger partial charge in [-0.1, -0.05) is 0 Å². The summed E-state index contributed by atoms with van der Waals surface area (Å²) in [7, 11) is 0. The maximum absolute atomic E-state index is 10.7. The van der Waals surface area contributed by atoms with Crippen LogP contribution in [0.5, 0.6) is 0 Å². The Labute approximate surface area is 112 Å². The van der Waals surface area contributed by atoms with E-state index in [2.05, 4.69) is 10.2 Å². The minimum absolute atomic E-state index is 0.165. The topological polar surface area (TPSA) is 58.4 Å². The van der Waals surface area contributed by atoms with E-state index in [0.29, 0.717) is 6.04 Å². The lowest BCUT2D eigenvalue weighted by molar-refractivity contribution is -0.384. The fourth-order valence-corrected chi connectivity index (χ4v) is 3.26. The van der Waals surface area contributed by atoms with Gasteiger partial charge in [0.05, 0.1) is 4.92 Å². The Morgan fingerprint density at radius 1 is 1.37 bits per heavy atom. The average Bonchev–Trinajstić information content (AvgIpc) is 2.77. The molecule has 1 aromatic rings. The second kappa shape index (κ2) is 4.81. The van der Waals surface area contributed by atoms with Crippen LogP contribution in [0.2, 0.25) is 0 Å². The third kappa shape index (κ3) is 2.42. The second-order valence-corrected chi connectivity index (χ2v) is 5.65. The molecule has 2 bridgehead atoms. The standard InChI is InChI=1S/C14H19N3O2/c1-10-8-12(17(18)19)2-3-13(10)15-14-5-7-16-6-4-11(14)9-16/h2-3,8,11,14-15H,4-7,9H2,1H3. The zero-order chi connectivity index (χ0) is 13.4. The van der Waals surface area contributed by atoms with Crippen molar-refractivity contribution < 1.29 is 4.92 Å². The van der Waals surface area contributed by atoms with Crippen molar-refractivity contribution in [2.24, 2.45) is 5.92 Å². The highest BCUT2D eigenvalue weighted by Gasteiger charge is 2.34. The van der Waals surface area contributed by atoms with Crippen molar-refractivity contribution >= 4 is 11.4 Å². The Balaban J connectivity index is 1.74. The number of nitrogens with one attached hydrogen (secondary N) is 1. The summed E-state index contributed by atoms with van der Waals surface area (Å²) in [4.78, 5) is 12.9. The number of fused-ring (bicyclic) bond motifs is 2. The summed E-state index contributed by atoms with van der Waals surface area (Å²) in [5, 5.41) is 14.3. The quantitative estimate of drug-likeness (QED) is 0.670. The number of nitro groups is 1. The predicted molar refractivity (Wildman–Crippen MR) is 74.4 cm³/mol. The second-order valence-electron chi connectivity index (χ2n) is 5.65. The highest BCUT2D eigenvalue weighted by atomic mass is 16.6. The van der Waals surface area contributed by atoms with Gasteiger partial charge in [-0.15, -0.1) is 0 Å². The van der Waals surface area contributed by atoms with Gasteiger partial charge in [-0.25, -0.2) is 0 Å². The third-order valence-corrected chi connectivity index (χ3v) is 4.40. The summed E-state index contributed by atoms with van der Waals surface area (Å²) in [6.45, 7) is 5.52. The minimum Gasteiger partial charge on any atom is -0.382 e. The van der Waals surface area contributed by atoms with E-state index in [-0.39, 0.29) is 10.6 Å². The van der Waals surface area contributed by atoms with Gasteiger partial charge in [0.15, 0.2) is 0 Å². The van der Waals surface area contributed by atoms with Crippen LogP contribution < -0.4 is 5.32 Å². The molecule has 0 radical (unpaired) electrons. The first-order chi connectivity index (χ1) is 9.13. The van der Waals surface area contributed by atoms with Gasteiger partial charge in [-0.2, -0.15) is 0 Å². The van der Waals surface area contributed by atoms with E-state index in [1.807, 2.05) is 13.0 Å². The van der Waals surface area contributed by atoms with Crippen LogP contribution in [0.1, 0.15) is 18.4 Å². The van der Waals surface area contributed by atoms with E-state index >= 15 is 0 Å². The van der Waals surface area contributed by atoms with Crippen LogP contribution in [0.3, 0.4) is 0 Å². The summed E-state index contributed by atoms with van der Waals surface area (Å²) in [6, 6.07) is 5.58. The number of non-ortho nitro benzene ring substituents is 1. The van der Waals surface area contributed by atoms with Crippen LogP contribution in [0, 0.1) is 23.0 Å². The molecule has 0 spiro atoms. The summed E-state index contributed by atoms with van der Waals surface area (Å²) in [6.07, 6.45) is 2.44. The Morgan fingerprint density at radius 2 is 2.16 bits per heavy atom. The molecule has 102 valence electrons. The molecule has 5 heteroatoms. The van der Waals surface area contributed by atoms with Gasteiger partial charge in [-0.3, -0.25) is 10.1 Å². The molecule has 0 saturated carbocycles. The molecule has 0 amide bonds. The van der Waals surface area contributed by atoms with Crippen molar-refractivity contribution in [2.45, 2.75) is 25.8 Å². The number of benzene rings is 1. The number of nitro benzene ring substituents is 1. The molecule has 2 aliphatic heterocycles. The van der Waals surface area contributed by atoms with E-state index in [4.69, 9.17) is 0 Å². The lowest BCUT2D eigenvalue weighted by Gasteiger charge is -2.32. The van der Waals surface area contributed by atoms with Crippen molar-refractivity contribution in [3.63, 3.8) is 0 Å². The van der Waals surface area contributed by atoms with E-state index in [1.165, 1.54) is 32.5 Å². The molecule has 3 unspecified atom stereocenters. The highest BCUT2D eigenvalue weighted by Crippen LogP contribution is 2.31. The van der Waals surface area contributed by atoms with E-state index in [0.717, 1.165) is 17.2 Å². The summed E-state index contributed by atoms with van der Waals surface area (Å²) in [5.74, 6) is 0.725. The van der Waals surface area contributed by atoms with Crippen LogP contribution in [0.15, 0.2) is 18.2 Å². The molecular weight excluding hydrogens is 242 g/mol. The Morgan fingerprint density at radius 3 is 2.89 bits per heavy atom. The first-order valence-corrected chi connectivity index (χ1v) is 6.87.